The van der Waals surface area contributed by atoms with Crippen LogP contribution in [0.3, 0.4) is 0 Å². The van der Waals surface area contributed by atoms with Gasteiger partial charge in [-0.15, -0.1) is 0 Å². The lowest BCUT2D eigenvalue weighted by Crippen LogP contribution is -2.40. The van der Waals surface area contributed by atoms with Crippen LogP contribution < -0.4 is 4.72 Å². The van der Waals surface area contributed by atoms with Crippen LogP contribution in [0.5, 0.6) is 0 Å². The van der Waals surface area contributed by atoms with E-state index in [1.54, 1.807) is 0 Å². The summed E-state index contributed by atoms with van der Waals surface area (Å²) in [5.41, 5.74) is 0. The molecule has 0 fully saturated rings. The lowest BCUT2D eigenvalue weighted by molar-refractivity contribution is -0.139. The van der Waals surface area contributed by atoms with E-state index >= 15 is 0 Å². The first-order valence-corrected chi connectivity index (χ1v) is 6.46. The Kier molecular flexibility index (Phi) is 4.36. The maximum Gasteiger partial charge on any atom is 0.321 e. The molecule has 2 N–H and O–H groups in total. The maximum atomic E-state index is 12.9. The second kappa shape index (κ2) is 5.40. The van der Waals surface area contributed by atoms with E-state index in [1.165, 1.54) is 6.92 Å². The molecule has 1 aromatic rings. The number of benzene rings is 1. The molecule has 0 spiro atoms. The Hall–Kier alpha value is -1.54. The smallest absolute Gasteiger partial charge is 0.321 e. The van der Waals surface area contributed by atoms with Crippen LogP contribution in [-0.2, 0) is 14.8 Å². The summed E-state index contributed by atoms with van der Waals surface area (Å²) < 4.78 is 51.0. The molecule has 0 amide bonds. The van der Waals surface area contributed by atoms with E-state index in [-0.39, 0.29) is 6.42 Å². The summed E-state index contributed by atoms with van der Waals surface area (Å²) in [5.74, 6) is -3.48. The number of rotatable bonds is 5. The van der Waals surface area contributed by atoms with Gasteiger partial charge in [0.25, 0.3) is 0 Å². The first-order valence-electron chi connectivity index (χ1n) is 4.97. The van der Waals surface area contributed by atoms with Crippen molar-refractivity contribution >= 4 is 16.0 Å². The highest BCUT2D eigenvalue weighted by molar-refractivity contribution is 7.89. The molecule has 1 rings (SSSR count). The van der Waals surface area contributed by atoms with E-state index in [0.29, 0.717) is 18.2 Å². The van der Waals surface area contributed by atoms with E-state index < -0.39 is 38.6 Å². The lowest BCUT2D eigenvalue weighted by atomic mass is 10.2. The summed E-state index contributed by atoms with van der Waals surface area (Å²) in [6.07, 6.45) is 0.00631. The minimum absolute atomic E-state index is 0.00631. The molecule has 0 unspecified atom stereocenters. The summed E-state index contributed by atoms with van der Waals surface area (Å²) in [5, 5.41) is 8.72. The minimum atomic E-state index is -4.27. The van der Waals surface area contributed by atoms with Crippen LogP contribution in [-0.4, -0.2) is 25.5 Å². The summed E-state index contributed by atoms with van der Waals surface area (Å²) in [4.78, 5) is 10.0. The Morgan fingerprint density at radius 3 is 2.22 bits per heavy atom. The minimum Gasteiger partial charge on any atom is -0.480 e. The fraction of sp³-hybridized carbons (Fsp3) is 0.300. The monoisotopic (exact) mass is 279 g/mol. The van der Waals surface area contributed by atoms with Gasteiger partial charge < -0.3 is 5.11 Å². The maximum absolute atomic E-state index is 12.9. The van der Waals surface area contributed by atoms with Gasteiger partial charge >= 0.3 is 5.97 Å². The summed E-state index contributed by atoms with van der Waals surface area (Å²) in [6, 6.07) is 0.398. The molecule has 0 bridgehead atoms. The summed E-state index contributed by atoms with van der Waals surface area (Å²) in [6.45, 7) is 1.47. The van der Waals surface area contributed by atoms with Gasteiger partial charge in [0, 0.05) is 6.07 Å². The third-order valence-corrected chi connectivity index (χ3v) is 3.60. The molecule has 0 aromatic heterocycles. The molecule has 0 aliphatic heterocycles. The Balaban J connectivity index is 3.10. The van der Waals surface area contributed by atoms with Crippen molar-refractivity contribution in [2.75, 3.05) is 0 Å². The van der Waals surface area contributed by atoms with Crippen LogP contribution >= 0.6 is 0 Å². The molecule has 0 aliphatic carbocycles. The normalized spacial score (nSPS) is 13.3. The highest BCUT2D eigenvalue weighted by Crippen LogP contribution is 2.14. The molecule has 0 radical (unpaired) electrons. The lowest BCUT2D eigenvalue weighted by Gasteiger charge is -2.12. The molecular formula is C10H11F2NO4S. The zero-order valence-corrected chi connectivity index (χ0v) is 10.2. The highest BCUT2D eigenvalue weighted by atomic mass is 32.2. The van der Waals surface area contributed by atoms with Gasteiger partial charge in [-0.25, -0.2) is 17.2 Å². The molecule has 8 heteroatoms. The van der Waals surface area contributed by atoms with E-state index in [1.807, 2.05) is 4.72 Å². The van der Waals surface area contributed by atoms with Gasteiger partial charge in [0.05, 0.1) is 4.90 Å². The van der Waals surface area contributed by atoms with Crippen molar-refractivity contribution in [3.63, 3.8) is 0 Å². The van der Waals surface area contributed by atoms with Crippen LogP contribution in [0.1, 0.15) is 13.3 Å². The summed E-state index contributed by atoms with van der Waals surface area (Å²) >= 11 is 0. The zero-order valence-electron chi connectivity index (χ0n) is 9.35. The molecule has 100 valence electrons. The summed E-state index contributed by atoms with van der Waals surface area (Å²) in [7, 11) is -4.27. The number of carboxylic acid groups (broad SMARTS) is 1. The van der Waals surface area contributed by atoms with Crippen LogP contribution in [0.2, 0.25) is 0 Å². The highest BCUT2D eigenvalue weighted by Gasteiger charge is 2.24. The van der Waals surface area contributed by atoms with Crippen molar-refractivity contribution < 1.29 is 27.1 Å². The molecule has 0 saturated heterocycles. The van der Waals surface area contributed by atoms with Crippen LogP contribution in [0.15, 0.2) is 23.1 Å². The van der Waals surface area contributed by atoms with Gasteiger partial charge in [-0.1, -0.05) is 6.92 Å². The van der Waals surface area contributed by atoms with Gasteiger partial charge in [-0.05, 0) is 18.6 Å². The van der Waals surface area contributed by atoms with Gasteiger partial charge in [-0.2, -0.15) is 4.72 Å². The van der Waals surface area contributed by atoms with Gasteiger partial charge in [0.15, 0.2) is 0 Å². The van der Waals surface area contributed by atoms with Crippen molar-refractivity contribution in [1.82, 2.24) is 4.72 Å². The first kappa shape index (κ1) is 14.5. The van der Waals surface area contributed by atoms with Gasteiger partial charge in [0.1, 0.15) is 17.7 Å². The first-order chi connectivity index (χ1) is 8.26. The second-order valence-corrected chi connectivity index (χ2v) is 5.24. The largest absolute Gasteiger partial charge is 0.480 e. The van der Waals surface area contributed by atoms with E-state index in [4.69, 9.17) is 5.11 Å². The van der Waals surface area contributed by atoms with E-state index in [9.17, 15) is 22.0 Å². The number of aliphatic carboxylic acids is 1. The van der Waals surface area contributed by atoms with Crippen molar-refractivity contribution in [3.05, 3.63) is 29.8 Å². The van der Waals surface area contributed by atoms with Crippen molar-refractivity contribution in [1.29, 1.82) is 0 Å². The number of carbonyl (C=O) groups is 1. The Morgan fingerprint density at radius 2 is 1.83 bits per heavy atom. The van der Waals surface area contributed by atoms with Crippen LogP contribution in [0, 0.1) is 11.6 Å². The number of nitrogens with one attached hydrogen (secondary N) is 1. The van der Waals surface area contributed by atoms with Crippen molar-refractivity contribution in [2.45, 2.75) is 24.3 Å². The third-order valence-electron chi connectivity index (χ3n) is 2.15. The molecule has 0 aliphatic rings. The van der Waals surface area contributed by atoms with E-state index in [0.717, 1.165) is 0 Å². The Morgan fingerprint density at radius 1 is 1.33 bits per heavy atom. The topological polar surface area (TPSA) is 83.5 Å². The Bertz CT molecular complexity index is 539. The fourth-order valence-corrected chi connectivity index (χ4v) is 2.56. The molecule has 0 saturated carbocycles. The molecular weight excluding hydrogens is 268 g/mol. The number of carboxylic acids is 1. The average Bonchev–Trinajstić information content (AvgIpc) is 2.24. The molecule has 0 heterocycles. The average molecular weight is 279 g/mol. The van der Waals surface area contributed by atoms with Crippen LogP contribution in [0.4, 0.5) is 8.78 Å². The SMILES string of the molecule is CC[C@@H](NS(=O)(=O)c1cc(F)cc(F)c1)C(=O)O. The molecule has 1 aromatic carbocycles. The van der Waals surface area contributed by atoms with E-state index in [2.05, 4.69) is 0 Å². The quantitative estimate of drug-likeness (QED) is 0.845. The van der Waals surface area contributed by atoms with Gasteiger partial charge in [0.2, 0.25) is 10.0 Å². The Labute approximate surface area is 102 Å². The van der Waals surface area contributed by atoms with Crippen molar-refractivity contribution in [3.8, 4) is 0 Å². The second-order valence-electron chi connectivity index (χ2n) is 3.53. The predicted molar refractivity (Wildman–Crippen MR) is 58.4 cm³/mol. The number of halogens is 2. The number of hydrogen-bond donors (Lipinski definition) is 2. The van der Waals surface area contributed by atoms with Gasteiger partial charge in [-0.3, -0.25) is 4.79 Å². The molecule has 1 atom stereocenters. The van der Waals surface area contributed by atoms with Crippen molar-refractivity contribution in [2.24, 2.45) is 0 Å². The van der Waals surface area contributed by atoms with Crippen LogP contribution in [0.25, 0.3) is 0 Å². The number of hydrogen-bond acceptors (Lipinski definition) is 3. The molecule has 5 nitrogen and oxygen atoms in total. The third kappa shape index (κ3) is 3.47. The molecule has 18 heavy (non-hydrogen) atoms. The number of sulfonamides is 1. The predicted octanol–water partition coefficient (Wildman–Crippen LogP) is 1.11. The zero-order chi connectivity index (χ0) is 13.9. The standard InChI is InChI=1S/C10H11F2NO4S/c1-2-9(10(14)15)13-18(16,17)8-4-6(11)3-7(12)5-8/h3-5,9,13H,2H2,1H3,(H,14,15)/t9-/m1/s1. The fourth-order valence-electron chi connectivity index (χ4n) is 1.25.